The summed E-state index contributed by atoms with van der Waals surface area (Å²) < 4.78 is 5.78. The number of rotatable bonds is 9. The first-order valence-corrected chi connectivity index (χ1v) is 15.7. The van der Waals surface area contributed by atoms with Crippen LogP contribution in [-0.2, 0) is 16.0 Å². The molecule has 1 atom stereocenters. The van der Waals surface area contributed by atoms with Crippen LogP contribution in [0.4, 0.5) is 28.8 Å². The number of amides is 2. The Morgan fingerprint density at radius 3 is 2.53 bits per heavy atom. The zero-order valence-corrected chi connectivity index (χ0v) is 25.6. The molecule has 2 amide bonds. The van der Waals surface area contributed by atoms with E-state index in [0.29, 0.717) is 37.4 Å². The van der Waals surface area contributed by atoms with Gasteiger partial charge >= 0.3 is 0 Å². The topological polar surface area (TPSA) is 118 Å². The van der Waals surface area contributed by atoms with Crippen molar-refractivity contribution in [3.8, 4) is 5.75 Å². The number of benzene rings is 1. The van der Waals surface area contributed by atoms with E-state index in [-0.39, 0.29) is 24.5 Å². The van der Waals surface area contributed by atoms with Crippen LogP contribution < -0.4 is 24.8 Å². The van der Waals surface area contributed by atoms with E-state index in [0.717, 1.165) is 80.3 Å². The van der Waals surface area contributed by atoms with E-state index >= 15 is 0 Å². The van der Waals surface area contributed by atoms with Crippen LogP contribution in [0, 0.1) is 0 Å². The van der Waals surface area contributed by atoms with Gasteiger partial charge in [0.2, 0.25) is 17.8 Å². The highest BCUT2D eigenvalue weighted by molar-refractivity contribution is 6.04. The predicted octanol–water partition coefficient (Wildman–Crippen LogP) is 2.23. The molecule has 43 heavy (non-hydrogen) atoms. The fourth-order valence-electron chi connectivity index (χ4n) is 7.10. The number of methoxy groups -OCH3 is 1. The highest BCUT2D eigenvalue weighted by Crippen LogP contribution is 2.42. The van der Waals surface area contributed by atoms with Gasteiger partial charge in [-0.1, -0.05) is 19.8 Å². The zero-order chi connectivity index (χ0) is 30.1. The molecule has 1 saturated carbocycles. The molecule has 2 N–H and O–H groups in total. The first kappa shape index (κ1) is 29.6. The van der Waals surface area contributed by atoms with Gasteiger partial charge in [0.05, 0.1) is 37.8 Å². The monoisotopic (exact) mass is 592 g/mol. The number of nitrogens with one attached hydrogen (secondary N) is 1. The molecule has 232 valence electrons. The second kappa shape index (κ2) is 12.6. The van der Waals surface area contributed by atoms with Crippen molar-refractivity contribution >= 4 is 40.6 Å². The SMILES string of the molecule is CC[C@@H]1C(=O)N(C)c2cnc(Nc3cc4c(cc3OC)N(C(=O)CN3CCN(CCO)CC3)CC4)nc2N1C1CCCC1. The summed E-state index contributed by atoms with van der Waals surface area (Å²) in [7, 11) is 3.43. The molecule has 6 rings (SSSR count). The molecule has 4 aliphatic rings. The second-order valence-electron chi connectivity index (χ2n) is 12.0. The molecule has 0 bridgehead atoms. The van der Waals surface area contributed by atoms with Gasteiger partial charge in [-0.05, 0) is 37.3 Å². The van der Waals surface area contributed by atoms with E-state index in [9.17, 15) is 14.7 Å². The van der Waals surface area contributed by atoms with Crippen molar-refractivity contribution in [1.82, 2.24) is 19.8 Å². The van der Waals surface area contributed by atoms with Gasteiger partial charge in [0.15, 0.2) is 5.82 Å². The summed E-state index contributed by atoms with van der Waals surface area (Å²) in [6, 6.07) is 4.04. The maximum absolute atomic E-state index is 13.4. The first-order valence-electron chi connectivity index (χ1n) is 15.7. The number of carbonyl (C=O) groups is 2. The van der Waals surface area contributed by atoms with Gasteiger partial charge in [-0.25, -0.2) is 4.98 Å². The third-order valence-electron chi connectivity index (χ3n) is 9.50. The van der Waals surface area contributed by atoms with Gasteiger partial charge in [-0.3, -0.25) is 19.4 Å². The standard InChI is InChI=1S/C31H44N8O4/c1-4-24-30(42)35(2)26-19-32-31(34-29(26)39(24)22-7-5-6-8-22)33-23-17-21-9-10-38(25(21)18-27(23)43-3)28(41)20-37-13-11-36(12-14-37)15-16-40/h17-19,22,24,40H,4-16,20H2,1-3H3,(H,32,33,34)/t24-/m1/s1. The fraction of sp³-hybridized carbons (Fsp3) is 0.613. The van der Waals surface area contributed by atoms with Crippen LogP contribution in [0.1, 0.15) is 44.6 Å². The minimum absolute atomic E-state index is 0.0892. The minimum Gasteiger partial charge on any atom is -0.494 e. The highest BCUT2D eigenvalue weighted by Gasteiger charge is 2.41. The number of carbonyl (C=O) groups excluding carboxylic acids is 2. The maximum Gasteiger partial charge on any atom is 0.249 e. The molecular weight excluding hydrogens is 548 g/mol. The largest absolute Gasteiger partial charge is 0.494 e. The van der Waals surface area contributed by atoms with E-state index in [1.807, 2.05) is 17.0 Å². The van der Waals surface area contributed by atoms with Crippen molar-refractivity contribution in [1.29, 1.82) is 0 Å². The average Bonchev–Trinajstić information content (AvgIpc) is 3.70. The number of piperazine rings is 1. The Labute approximate surface area is 253 Å². The zero-order valence-electron chi connectivity index (χ0n) is 25.6. The summed E-state index contributed by atoms with van der Waals surface area (Å²) in [5.41, 5.74) is 3.44. The molecular formula is C31H44N8O4. The van der Waals surface area contributed by atoms with Crippen LogP contribution in [-0.4, -0.2) is 115 Å². The number of ether oxygens (including phenoxy) is 1. The Bertz CT molecular complexity index is 1340. The van der Waals surface area contributed by atoms with E-state index in [1.54, 1.807) is 25.3 Å². The maximum atomic E-state index is 13.4. The third kappa shape index (κ3) is 5.75. The molecule has 0 radical (unpaired) electrons. The second-order valence-corrected chi connectivity index (χ2v) is 12.0. The summed E-state index contributed by atoms with van der Waals surface area (Å²) in [4.78, 5) is 46.4. The van der Waals surface area contributed by atoms with E-state index in [4.69, 9.17) is 9.72 Å². The smallest absolute Gasteiger partial charge is 0.249 e. The number of nitrogens with zero attached hydrogens (tertiary/aromatic N) is 7. The highest BCUT2D eigenvalue weighted by atomic mass is 16.5. The van der Waals surface area contributed by atoms with Crippen molar-refractivity contribution < 1.29 is 19.4 Å². The number of hydrogen-bond donors (Lipinski definition) is 2. The quantitative estimate of drug-likeness (QED) is 0.449. The number of likely N-dealkylation sites (N-methyl/N-ethyl adjacent to an activating group) is 1. The van der Waals surface area contributed by atoms with E-state index < -0.39 is 0 Å². The number of fused-ring (bicyclic) bond motifs is 2. The lowest BCUT2D eigenvalue weighted by molar-refractivity contribution is -0.120. The molecule has 12 heteroatoms. The average molecular weight is 593 g/mol. The van der Waals surface area contributed by atoms with Gasteiger partial charge < -0.3 is 29.9 Å². The van der Waals surface area contributed by atoms with Crippen LogP contribution in [0.15, 0.2) is 18.3 Å². The normalized spacial score (nSPS) is 21.3. The van der Waals surface area contributed by atoms with Gasteiger partial charge in [0, 0.05) is 58.4 Å². The first-order chi connectivity index (χ1) is 20.9. The Balaban J connectivity index is 1.21. The molecule has 1 aromatic heterocycles. The number of aliphatic hydroxyl groups excluding tert-OH is 1. The van der Waals surface area contributed by atoms with Gasteiger partial charge in [0.1, 0.15) is 17.5 Å². The summed E-state index contributed by atoms with van der Waals surface area (Å²) in [6.45, 7) is 7.29. The fourth-order valence-corrected chi connectivity index (χ4v) is 7.10. The van der Waals surface area contributed by atoms with Crippen molar-refractivity contribution in [2.45, 2.75) is 57.5 Å². The molecule has 1 aliphatic carbocycles. The Kier molecular flexibility index (Phi) is 8.69. The number of aromatic nitrogens is 2. The molecule has 2 aromatic rings. The Morgan fingerprint density at radius 2 is 1.84 bits per heavy atom. The van der Waals surface area contributed by atoms with Crippen LogP contribution >= 0.6 is 0 Å². The summed E-state index contributed by atoms with van der Waals surface area (Å²) >= 11 is 0. The number of anilines is 5. The molecule has 2 fully saturated rings. The third-order valence-corrected chi connectivity index (χ3v) is 9.50. The molecule has 0 unspecified atom stereocenters. The molecule has 12 nitrogen and oxygen atoms in total. The van der Waals surface area contributed by atoms with E-state index in [2.05, 4.69) is 31.9 Å². The minimum atomic E-state index is -0.231. The number of β-amino-alcohol motifs (C(OH)–C–C–N with tert-alkyl or cyclic N) is 1. The van der Waals surface area contributed by atoms with Crippen molar-refractivity contribution in [2.24, 2.45) is 0 Å². The summed E-state index contributed by atoms with van der Waals surface area (Å²) in [5, 5.41) is 12.6. The molecule has 1 saturated heterocycles. The Hall–Kier alpha value is -3.48. The summed E-state index contributed by atoms with van der Waals surface area (Å²) in [5.74, 6) is 2.04. The number of hydrogen-bond acceptors (Lipinski definition) is 10. The molecule has 1 aromatic carbocycles. The predicted molar refractivity (Wildman–Crippen MR) is 167 cm³/mol. The lowest BCUT2D eigenvalue weighted by atomic mass is 10.0. The van der Waals surface area contributed by atoms with Crippen LogP contribution in [0.2, 0.25) is 0 Å². The summed E-state index contributed by atoms with van der Waals surface area (Å²) in [6.07, 6.45) is 7.68. The number of aliphatic hydroxyl groups is 1. The van der Waals surface area contributed by atoms with Gasteiger partial charge in [-0.15, -0.1) is 0 Å². The van der Waals surface area contributed by atoms with Gasteiger partial charge in [-0.2, -0.15) is 4.98 Å². The lowest BCUT2D eigenvalue weighted by Gasteiger charge is -2.43. The van der Waals surface area contributed by atoms with Crippen LogP contribution in [0.5, 0.6) is 5.75 Å². The van der Waals surface area contributed by atoms with Crippen molar-refractivity contribution in [3.05, 3.63) is 23.9 Å². The van der Waals surface area contributed by atoms with Crippen molar-refractivity contribution in [3.63, 3.8) is 0 Å². The van der Waals surface area contributed by atoms with Crippen LogP contribution in [0.3, 0.4) is 0 Å². The van der Waals surface area contributed by atoms with Crippen LogP contribution in [0.25, 0.3) is 0 Å². The van der Waals surface area contributed by atoms with E-state index in [1.165, 1.54) is 12.8 Å². The van der Waals surface area contributed by atoms with Gasteiger partial charge in [0.25, 0.3) is 0 Å². The Morgan fingerprint density at radius 1 is 1.09 bits per heavy atom. The molecule has 3 aliphatic heterocycles. The molecule has 4 heterocycles. The lowest BCUT2D eigenvalue weighted by Crippen LogP contribution is -2.55. The van der Waals surface area contributed by atoms with Crippen molar-refractivity contribution in [2.75, 3.05) is 86.6 Å². The molecule has 0 spiro atoms.